The molecule has 0 saturated carbocycles. The molecule has 0 amide bonds. The minimum absolute atomic E-state index is 0.0835. The Balaban J connectivity index is 2.21. The highest BCUT2D eigenvalue weighted by atomic mass is 33.1. The zero-order valence-electron chi connectivity index (χ0n) is 14.2. The molecule has 0 bridgehead atoms. The maximum absolute atomic E-state index is 11.0. The molecule has 1 N–H and O–H groups in total. The fourth-order valence-electron chi connectivity index (χ4n) is 2.14. The number of nitrogens with zero attached hydrogens (tertiary/aromatic N) is 2. The van der Waals surface area contributed by atoms with Crippen molar-refractivity contribution < 1.29 is 19.6 Å². The summed E-state index contributed by atoms with van der Waals surface area (Å²) in [6, 6.07) is 9.59. The van der Waals surface area contributed by atoms with E-state index in [2.05, 4.69) is 4.98 Å². The molecule has 138 valence electrons. The molecule has 7 nitrogen and oxygen atoms in total. The normalized spacial score (nSPS) is 12.0. The van der Waals surface area contributed by atoms with Crippen LogP contribution in [0.25, 0.3) is 0 Å². The third-order valence-electron chi connectivity index (χ3n) is 3.51. The van der Waals surface area contributed by atoms with E-state index >= 15 is 0 Å². The van der Waals surface area contributed by atoms with Gasteiger partial charge in [0.25, 0.3) is 5.69 Å². The van der Waals surface area contributed by atoms with Crippen molar-refractivity contribution in [2.24, 2.45) is 5.92 Å². The number of hydrogen-bond acceptors (Lipinski definition) is 7. The molecule has 1 heterocycles. The van der Waals surface area contributed by atoms with Gasteiger partial charge in [-0.2, -0.15) is 0 Å². The van der Waals surface area contributed by atoms with Crippen LogP contribution < -0.4 is 4.74 Å². The Morgan fingerprint density at radius 2 is 2.12 bits per heavy atom. The summed E-state index contributed by atoms with van der Waals surface area (Å²) in [4.78, 5) is 25.7. The van der Waals surface area contributed by atoms with E-state index in [0.29, 0.717) is 12.0 Å². The molecule has 1 aromatic heterocycles. The Hall–Kier alpha value is -2.26. The standard InChI is InChI=1S/C17H18N2O5S2/c1-11(2)15(25-26-16-5-3-4-8-18-16)10-12-9-13(19(22)23)6-7-14(12)24-17(20)21/h3-9,11,15H,10H2,1-2H3,(H,20,21). The number of pyridine rings is 1. The summed E-state index contributed by atoms with van der Waals surface area (Å²) in [6.45, 7) is 4.09. The molecule has 0 radical (unpaired) electrons. The number of non-ortho nitro benzene ring substituents is 1. The van der Waals surface area contributed by atoms with Crippen LogP contribution in [0.5, 0.6) is 5.75 Å². The molecule has 2 aromatic rings. The van der Waals surface area contributed by atoms with Crippen LogP contribution in [0.1, 0.15) is 19.4 Å². The summed E-state index contributed by atoms with van der Waals surface area (Å²) < 4.78 is 4.79. The van der Waals surface area contributed by atoms with E-state index in [1.165, 1.54) is 29.0 Å². The van der Waals surface area contributed by atoms with Crippen molar-refractivity contribution in [2.45, 2.75) is 30.5 Å². The Morgan fingerprint density at radius 1 is 1.35 bits per heavy atom. The van der Waals surface area contributed by atoms with Crippen molar-refractivity contribution in [3.63, 3.8) is 0 Å². The number of hydrogen-bond donors (Lipinski definition) is 1. The number of carbonyl (C=O) groups is 1. The van der Waals surface area contributed by atoms with Crippen LogP contribution in [-0.2, 0) is 6.42 Å². The molecule has 2 rings (SSSR count). The predicted octanol–water partition coefficient (Wildman–Crippen LogP) is 5.05. The summed E-state index contributed by atoms with van der Waals surface area (Å²) in [6.07, 6.45) is 0.704. The van der Waals surface area contributed by atoms with E-state index in [1.807, 2.05) is 32.0 Å². The number of nitro groups is 1. The van der Waals surface area contributed by atoms with Gasteiger partial charge in [0, 0.05) is 29.1 Å². The second-order valence-electron chi connectivity index (χ2n) is 5.75. The van der Waals surface area contributed by atoms with E-state index in [1.54, 1.807) is 17.0 Å². The van der Waals surface area contributed by atoms with Gasteiger partial charge in [-0.15, -0.1) is 0 Å². The first-order chi connectivity index (χ1) is 12.4. The summed E-state index contributed by atoms with van der Waals surface area (Å²) >= 11 is 0. The molecule has 0 aliphatic carbocycles. The summed E-state index contributed by atoms with van der Waals surface area (Å²) in [5, 5.41) is 20.9. The van der Waals surface area contributed by atoms with Crippen LogP contribution in [0, 0.1) is 16.0 Å². The van der Waals surface area contributed by atoms with Gasteiger partial charge in [0.2, 0.25) is 0 Å². The average Bonchev–Trinajstić information content (AvgIpc) is 2.59. The molecule has 0 fully saturated rings. The molecule has 1 aromatic carbocycles. The zero-order valence-corrected chi connectivity index (χ0v) is 15.8. The zero-order chi connectivity index (χ0) is 19.1. The molecule has 0 saturated heterocycles. The van der Waals surface area contributed by atoms with E-state index < -0.39 is 11.1 Å². The number of aromatic nitrogens is 1. The largest absolute Gasteiger partial charge is 0.511 e. The molecule has 0 spiro atoms. The molecule has 1 unspecified atom stereocenters. The number of ether oxygens (including phenoxy) is 1. The van der Waals surface area contributed by atoms with Crippen molar-refractivity contribution in [3.05, 3.63) is 58.3 Å². The van der Waals surface area contributed by atoms with Crippen LogP contribution in [0.15, 0.2) is 47.6 Å². The third-order valence-corrected chi connectivity index (χ3v) is 6.52. The number of nitro benzene ring substituents is 1. The van der Waals surface area contributed by atoms with Crippen LogP contribution in [0.3, 0.4) is 0 Å². The molecule has 26 heavy (non-hydrogen) atoms. The fourth-order valence-corrected chi connectivity index (χ4v) is 4.90. The van der Waals surface area contributed by atoms with E-state index in [-0.39, 0.29) is 22.6 Å². The predicted molar refractivity (Wildman–Crippen MR) is 102 cm³/mol. The highest BCUT2D eigenvalue weighted by Gasteiger charge is 2.21. The smallest absolute Gasteiger partial charge is 0.449 e. The van der Waals surface area contributed by atoms with Crippen molar-refractivity contribution in [1.29, 1.82) is 0 Å². The van der Waals surface area contributed by atoms with Gasteiger partial charge in [-0.3, -0.25) is 10.1 Å². The van der Waals surface area contributed by atoms with Crippen LogP contribution in [0.4, 0.5) is 10.5 Å². The Kier molecular flexibility index (Phi) is 7.28. The van der Waals surface area contributed by atoms with Gasteiger partial charge < -0.3 is 9.84 Å². The minimum Gasteiger partial charge on any atom is -0.449 e. The van der Waals surface area contributed by atoms with Gasteiger partial charge in [-0.25, -0.2) is 9.78 Å². The third kappa shape index (κ3) is 5.92. The molecular formula is C17H18N2O5S2. The van der Waals surface area contributed by atoms with E-state index in [4.69, 9.17) is 9.84 Å². The number of carboxylic acid groups (broad SMARTS) is 1. The lowest BCUT2D eigenvalue weighted by Gasteiger charge is -2.20. The first-order valence-electron chi connectivity index (χ1n) is 7.79. The fraction of sp³-hybridized carbons (Fsp3) is 0.294. The van der Waals surface area contributed by atoms with E-state index in [9.17, 15) is 14.9 Å². The van der Waals surface area contributed by atoms with Crippen molar-refractivity contribution in [2.75, 3.05) is 0 Å². The second-order valence-corrected chi connectivity index (χ2v) is 8.21. The Labute approximate surface area is 158 Å². The van der Waals surface area contributed by atoms with Crippen LogP contribution >= 0.6 is 21.6 Å². The first-order valence-corrected chi connectivity index (χ1v) is 10.0. The summed E-state index contributed by atoms with van der Waals surface area (Å²) in [5.41, 5.74) is 0.400. The molecule has 0 aliphatic heterocycles. The quantitative estimate of drug-likeness (QED) is 0.218. The maximum Gasteiger partial charge on any atom is 0.511 e. The van der Waals surface area contributed by atoms with Crippen molar-refractivity contribution >= 4 is 33.4 Å². The number of benzene rings is 1. The van der Waals surface area contributed by atoms with Gasteiger partial charge in [-0.05, 0) is 41.3 Å². The van der Waals surface area contributed by atoms with Crippen molar-refractivity contribution in [3.8, 4) is 5.75 Å². The monoisotopic (exact) mass is 394 g/mol. The van der Waals surface area contributed by atoms with Crippen molar-refractivity contribution in [1.82, 2.24) is 4.98 Å². The van der Waals surface area contributed by atoms with Gasteiger partial charge in [0.1, 0.15) is 10.8 Å². The molecular weight excluding hydrogens is 376 g/mol. The van der Waals surface area contributed by atoms with Gasteiger partial charge in [-0.1, -0.05) is 30.7 Å². The van der Waals surface area contributed by atoms with Gasteiger partial charge in [0.15, 0.2) is 0 Å². The molecule has 9 heteroatoms. The topological polar surface area (TPSA) is 103 Å². The number of rotatable bonds is 8. The summed E-state index contributed by atoms with van der Waals surface area (Å²) in [5.74, 6) is 0.380. The Bertz CT molecular complexity index is 771. The van der Waals surface area contributed by atoms with Gasteiger partial charge in [0.05, 0.1) is 4.92 Å². The first kappa shape index (κ1) is 20.1. The van der Waals surface area contributed by atoms with E-state index in [0.717, 1.165) is 5.03 Å². The van der Waals surface area contributed by atoms with Gasteiger partial charge >= 0.3 is 6.16 Å². The molecule has 0 aliphatic rings. The Morgan fingerprint density at radius 3 is 2.69 bits per heavy atom. The highest BCUT2D eigenvalue weighted by Crippen LogP contribution is 2.39. The molecule has 1 atom stereocenters. The van der Waals surface area contributed by atoms with Crippen LogP contribution in [0.2, 0.25) is 0 Å². The SMILES string of the molecule is CC(C)C(Cc1cc([N+](=O)[O-])ccc1OC(=O)O)SSc1ccccn1. The lowest BCUT2D eigenvalue weighted by molar-refractivity contribution is -0.384. The lowest BCUT2D eigenvalue weighted by Crippen LogP contribution is -2.15. The average molecular weight is 394 g/mol. The second kappa shape index (κ2) is 9.44. The minimum atomic E-state index is -1.45. The maximum atomic E-state index is 11.0. The lowest BCUT2D eigenvalue weighted by atomic mass is 10.0. The highest BCUT2D eigenvalue weighted by molar-refractivity contribution is 8.76. The van der Waals surface area contributed by atoms with Crippen LogP contribution in [-0.4, -0.2) is 26.4 Å². The summed E-state index contributed by atoms with van der Waals surface area (Å²) in [7, 11) is 3.12.